The van der Waals surface area contributed by atoms with Gasteiger partial charge in [-0.05, 0) is 108 Å². The molecule has 5 heteroatoms. The van der Waals surface area contributed by atoms with Crippen molar-refractivity contribution in [3.05, 3.63) is 180 Å². The van der Waals surface area contributed by atoms with Crippen molar-refractivity contribution in [2.75, 3.05) is 9.80 Å². The van der Waals surface area contributed by atoms with Crippen molar-refractivity contribution in [3.8, 4) is 33.7 Å². The topological polar surface area (TPSA) is 32.5 Å². The van der Waals surface area contributed by atoms with Crippen LogP contribution >= 0.6 is 0 Å². The highest BCUT2D eigenvalue weighted by Gasteiger charge is 2.48. The summed E-state index contributed by atoms with van der Waals surface area (Å²) in [5, 5.41) is 0. The number of rotatable bonds is 5. The van der Waals surface area contributed by atoms with Gasteiger partial charge in [0.15, 0.2) is 0 Å². The van der Waals surface area contributed by atoms with E-state index in [-0.39, 0.29) is 28.4 Å². The maximum absolute atomic E-state index is 7.42. The maximum Gasteiger partial charge on any atom is 0.279 e. The highest BCUT2D eigenvalue weighted by molar-refractivity contribution is 6.99. The fourth-order valence-electron chi connectivity index (χ4n) is 9.86. The van der Waals surface area contributed by atoms with Gasteiger partial charge in [0.1, 0.15) is 0 Å². The first-order valence-electron chi connectivity index (χ1n) is 23.7. The zero-order valence-electron chi connectivity index (χ0n) is 40.8. The monoisotopic (exact) mass is 863 g/mol. The van der Waals surface area contributed by atoms with Crippen LogP contribution in [0, 0.1) is 0 Å². The first kappa shape index (κ1) is 43.3. The molecule has 66 heavy (non-hydrogen) atoms. The third-order valence-corrected chi connectivity index (χ3v) is 13.7. The predicted molar refractivity (Wildman–Crippen MR) is 282 cm³/mol. The molecular weight excluding hydrogens is 802 g/mol. The Bertz CT molecular complexity index is 3040. The van der Waals surface area contributed by atoms with Crippen molar-refractivity contribution in [1.82, 2.24) is 4.98 Å². The van der Waals surface area contributed by atoms with Gasteiger partial charge in [-0.3, -0.25) is 4.90 Å². The maximum atomic E-state index is 7.42. The summed E-state index contributed by atoms with van der Waals surface area (Å²) in [4.78, 5) is 10.6. The molecule has 1 aromatic heterocycles. The molecule has 0 amide bonds. The molecule has 330 valence electrons. The molecule has 0 fully saturated rings. The van der Waals surface area contributed by atoms with E-state index in [0.717, 1.165) is 67.7 Å². The second kappa shape index (κ2) is 15.5. The lowest BCUT2D eigenvalue weighted by molar-refractivity contribution is 0.578. The van der Waals surface area contributed by atoms with Crippen LogP contribution < -0.4 is 26.3 Å². The van der Waals surface area contributed by atoms with Crippen molar-refractivity contribution in [2.24, 2.45) is 0 Å². The van der Waals surface area contributed by atoms with E-state index < -0.39 is 0 Å². The van der Waals surface area contributed by atoms with E-state index in [1.165, 1.54) is 33.2 Å². The molecule has 0 unspecified atom stereocenters. The first-order chi connectivity index (χ1) is 31.3. The van der Waals surface area contributed by atoms with Gasteiger partial charge in [-0.2, -0.15) is 0 Å². The average Bonchev–Trinajstić information content (AvgIpc) is 3.73. The molecule has 7 aromatic carbocycles. The zero-order valence-corrected chi connectivity index (χ0v) is 40.8. The highest BCUT2D eigenvalue weighted by atomic mass is 16.4. The number of aromatic nitrogens is 1. The fourth-order valence-corrected chi connectivity index (χ4v) is 9.86. The number of oxazole rings is 1. The van der Waals surface area contributed by atoms with E-state index in [4.69, 9.17) is 9.40 Å². The standard InChI is InChI=1S/C61H62BN3O/c1-58(2,3)42-28-26-41(27-29-42)56-63-55-57(66-56)65(54-47(39-20-15-13-16-21-39)24-19-25-48(54)40-22-17-14-18-23-40)52-38-45(61(10,11)12)37-51-53(52)62(55)49-36-44(60(7,8)9)32-35-50(49)64(51)46-33-30-43(31-34-46)59(4,5)6/h13-38H,1-12H3. The van der Waals surface area contributed by atoms with Crippen molar-refractivity contribution in [2.45, 2.75) is 105 Å². The summed E-state index contributed by atoms with van der Waals surface area (Å²) < 4.78 is 7.42. The zero-order chi connectivity index (χ0) is 46.5. The van der Waals surface area contributed by atoms with E-state index in [1.54, 1.807) is 0 Å². The SMILES string of the molecule is CC(C)(C)c1ccc(-c2nc3c(o2)N(c2c(-c4ccccc4)cccc2-c2ccccc2)c2cc(C(C)(C)C)cc4c2B3c2cc(C(C)(C)C)ccc2N4c2ccc(C(C)(C)C)cc2)cc1. The normalized spacial score (nSPS) is 13.7. The molecule has 8 aromatic rings. The Balaban J connectivity index is 1.35. The number of hydrogen-bond donors (Lipinski definition) is 0. The van der Waals surface area contributed by atoms with Crippen LogP contribution in [-0.2, 0) is 21.7 Å². The minimum atomic E-state index is -0.215. The summed E-state index contributed by atoms with van der Waals surface area (Å²) in [7, 11) is 0. The van der Waals surface area contributed by atoms with Gasteiger partial charge >= 0.3 is 0 Å². The minimum absolute atomic E-state index is 0.0124. The number of fused-ring (bicyclic) bond motifs is 4. The van der Waals surface area contributed by atoms with E-state index in [1.807, 2.05) is 0 Å². The molecule has 10 rings (SSSR count). The summed E-state index contributed by atoms with van der Waals surface area (Å²) in [6, 6.07) is 58.5. The minimum Gasteiger partial charge on any atom is -0.420 e. The number of nitrogens with zero attached hydrogens (tertiary/aromatic N) is 3. The molecule has 0 spiro atoms. The number of anilines is 6. The Hall–Kier alpha value is -6.59. The van der Waals surface area contributed by atoms with Crippen LogP contribution in [0.2, 0.25) is 0 Å². The summed E-state index contributed by atoms with van der Waals surface area (Å²) in [5.74, 6) is 1.36. The first-order valence-corrected chi connectivity index (χ1v) is 23.7. The largest absolute Gasteiger partial charge is 0.420 e. The smallest absolute Gasteiger partial charge is 0.279 e. The molecule has 4 nitrogen and oxygen atoms in total. The molecule has 0 saturated carbocycles. The van der Waals surface area contributed by atoms with Crippen molar-refractivity contribution in [3.63, 3.8) is 0 Å². The van der Waals surface area contributed by atoms with Crippen LogP contribution in [0.4, 0.5) is 34.3 Å². The Labute approximate surface area is 393 Å². The number of para-hydroxylation sites is 1. The van der Waals surface area contributed by atoms with E-state index in [2.05, 4.69) is 251 Å². The van der Waals surface area contributed by atoms with Crippen molar-refractivity contribution in [1.29, 1.82) is 0 Å². The lowest BCUT2D eigenvalue weighted by Crippen LogP contribution is -2.62. The second-order valence-corrected chi connectivity index (χ2v) is 22.6. The summed E-state index contributed by atoms with van der Waals surface area (Å²) in [6.45, 7) is 27.3. The quantitative estimate of drug-likeness (QED) is 0.161. The van der Waals surface area contributed by atoms with Gasteiger partial charge in [-0.15, -0.1) is 0 Å². The second-order valence-electron chi connectivity index (χ2n) is 22.6. The summed E-state index contributed by atoms with van der Waals surface area (Å²) in [5.41, 5.74) is 19.3. The molecule has 2 aliphatic rings. The van der Waals surface area contributed by atoms with Crippen LogP contribution in [0.5, 0.6) is 0 Å². The summed E-state index contributed by atoms with van der Waals surface area (Å²) >= 11 is 0. The van der Waals surface area contributed by atoms with Gasteiger partial charge in [-0.1, -0.05) is 198 Å². The van der Waals surface area contributed by atoms with E-state index >= 15 is 0 Å². The Morgan fingerprint density at radius 1 is 0.424 bits per heavy atom. The molecule has 0 saturated heterocycles. The molecule has 3 heterocycles. The number of benzene rings is 7. The van der Waals surface area contributed by atoms with Gasteiger partial charge < -0.3 is 9.32 Å². The predicted octanol–water partition coefficient (Wildman–Crippen LogP) is 14.9. The van der Waals surface area contributed by atoms with Crippen LogP contribution in [0.3, 0.4) is 0 Å². The third kappa shape index (κ3) is 7.47. The van der Waals surface area contributed by atoms with Crippen LogP contribution in [0.15, 0.2) is 162 Å². The van der Waals surface area contributed by atoms with Crippen molar-refractivity contribution < 1.29 is 4.42 Å². The molecule has 0 aliphatic carbocycles. The number of hydrogen-bond acceptors (Lipinski definition) is 4. The molecule has 0 radical (unpaired) electrons. The van der Waals surface area contributed by atoms with Crippen LogP contribution in [0.1, 0.15) is 105 Å². The molecular formula is C61H62BN3O. The lowest BCUT2D eigenvalue weighted by atomic mass is 9.35. The highest BCUT2D eigenvalue weighted by Crippen LogP contribution is 2.51. The van der Waals surface area contributed by atoms with Gasteiger partial charge in [0.05, 0.1) is 11.3 Å². The van der Waals surface area contributed by atoms with Gasteiger partial charge in [0.25, 0.3) is 6.71 Å². The van der Waals surface area contributed by atoms with Gasteiger partial charge in [0, 0.05) is 39.4 Å². The molecule has 0 atom stereocenters. The average molecular weight is 864 g/mol. The van der Waals surface area contributed by atoms with E-state index in [0.29, 0.717) is 5.89 Å². The fraction of sp³-hybridized carbons (Fsp3) is 0.262. The van der Waals surface area contributed by atoms with Crippen LogP contribution in [-0.4, -0.2) is 11.7 Å². The molecule has 0 N–H and O–H groups in total. The van der Waals surface area contributed by atoms with Gasteiger partial charge in [0.2, 0.25) is 11.8 Å². The Morgan fingerprint density at radius 3 is 1.42 bits per heavy atom. The molecule has 2 aliphatic heterocycles. The molecule has 0 bridgehead atoms. The van der Waals surface area contributed by atoms with Crippen molar-refractivity contribution >= 4 is 57.6 Å². The third-order valence-electron chi connectivity index (χ3n) is 13.7. The van der Waals surface area contributed by atoms with Crippen LogP contribution in [0.25, 0.3) is 33.7 Å². The Morgan fingerprint density at radius 2 is 0.909 bits per heavy atom. The summed E-state index contributed by atoms with van der Waals surface area (Å²) in [6.07, 6.45) is 0. The lowest BCUT2D eigenvalue weighted by Gasteiger charge is -2.44. The Kier molecular flexibility index (Phi) is 10.2. The van der Waals surface area contributed by atoms with E-state index in [9.17, 15) is 0 Å². The van der Waals surface area contributed by atoms with Gasteiger partial charge in [-0.25, -0.2) is 4.98 Å².